The number of carbonyl (C=O) groups excluding carboxylic acids is 2. The molecule has 0 aromatic carbocycles. The van der Waals surface area contributed by atoms with E-state index >= 15 is 0 Å². The summed E-state index contributed by atoms with van der Waals surface area (Å²) < 4.78 is 0. The molecule has 0 aromatic heterocycles. The number of imide groups is 1. The van der Waals surface area contributed by atoms with E-state index in [1.807, 2.05) is 0 Å². The number of hydrogen-bond acceptors (Lipinski definition) is 3. The van der Waals surface area contributed by atoms with Crippen LogP contribution in [0.4, 0.5) is 9.59 Å². The van der Waals surface area contributed by atoms with Crippen LogP contribution < -0.4 is 16.0 Å². The van der Waals surface area contributed by atoms with Crippen molar-refractivity contribution >= 4 is 12.1 Å². The average molecular weight is 154 g/mol. The summed E-state index contributed by atoms with van der Waals surface area (Å²) in [5.41, 5.74) is 0. The molecule has 6 heteroatoms. The molecule has 0 bridgehead atoms. The Kier molecular flexibility index (Phi) is 1.03. The van der Waals surface area contributed by atoms with Gasteiger partial charge in [-0.25, -0.2) is 9.59 Å². The molecule has 6 nitrogen and oxygen atoms in total. The van der Waals surface area contributed by atoms with Gasteiger partial charge >= 0.3 is 12.1 Å². The molecule has 0 spiro atoms. The van der Waals surface area contributed by atoms with Crippen LogP contribution in [-0.4, -0.2) is 23.3 Å². The molecule has 58 valence electrons. The topological polar surface area (TPSA) is 73.5 Å². The van der Waals surface area contributed by atoms with Crippen molar-refractivity contribution in [3.05, 3.63) is 12.4 Å². The molecule has 11 heavy (non-hydrogen) atoms. The van der Waals surface area contributed by atoms with E-state index in [-0.39, 0.29) is 0 Å². The van der Waals surface area contributed by atoms with Crippen LogP contribution >= 0.6 is 0 Å². The van der Waals surface area contributed by atoms with Crippen molar-refractivity contribution in [1.82, 2.24) is 20.9 Å². The average Bonchev–Trinajstić information content (AvgIpc) is 2.34. The van der Waals surface area contributed by atoms with E-state index < -0.39 is 18.4 Å². The Morgan fingerprint density at radius 1 is 1.45 bits per heavy atom. The maximum Gasteiger partial charge on any atom is 0.332 e. The number of carbonyl (C=O) groups is 2. The largest absolute Gasteiger partial charge is 0.353 e. The van der Waals surface area contributed by atoms with Gasteiger partial charge in [0.25, 0.3) is 0 Å². The minimum atomic E-state index is -0.479. The van der Waals surface area contributed by atoms with E-state index in [1.54, 1.807) is 12.4 Å². The van der Waals surface area contributed by atoms with Gasteiger partial charge in [0.05, 0.1) is 0 Å². The molecule has 4 amide bonds. The van der Waals surface area contributed by atoms with Crippen LogP contribution in [0.1, 0.15) is 0 Å². The first-order valence-electron chi connectivity index (χ1n) is 3.10. The van der Waals surface area contributed by atoms with Crippen LogP contribution in [0.15, 0.2) is 12.4 Å². The van der Waals surface area contributed by atoms with Crippen molar-refractivity contribution in [3.8, 4) is 0 Å². The molecule has 0 saturated carbocycles. The summed E-state index contributed by atoms with van der Waals surface area (Å²) in [6.45, 7) is 0. The number of nitrogens with one attached hydrogen (secondary N) is 3. The first-order valence-corrected chi connectivity index (χ1v) is 3.10. The highest BCUT2D eigenvalue weighted by molar-refractivity contribution is 5.96. The summed E-state index contributed by atoms with van der Waals surface area (Å²) in [5, 5.41) is 7.36. The zero-order valence-corrected chi connectivity index (χ0v) is 5.50. The Balaban J connectivity index is 2.21. The van der Waals surface area contributed by atoms with Gasteiger partial charge in [-0.1, -0.05) is 0 Å². The van der Waals surface area contributed by atoms with E-state index in [1.165, 1.54) is 4.90 Å². The summed E-state index contributed by atoms with van der Waals surface area (Å²) in [7, 11) is 0. The lowest BCUT2D eigenvalue weighted by atomic mass is 10.6. The Morgan fingerprint density at radius 3 is 3.09 bits per heavy atom. The van der Waals surface area contributed by atoms with Gasteiger partial charge in [0, 0.05) is 12.4 Å². The highest BCUT2D eigenvalue weighted by Crippen LogP contribution is 2.05. The fraction of sp³-hybridized carbons (Fsp3) is 0.200. The smallest absolute Gasteiger partial charge is 0.332 e. The van der Waals surface area contributed by atoms with Crippen molar-refractivity contribution in [2.75, 3.05) is 0 Å². The van der Waals surface area contributed by atoms with Crippen molar-refractivity contribution in [1.29, 1.82) is 0 Å². The standard InChI is InChI=1S/C5H6N4O2/c10-4-7-3-6-1-2-9(3)5(11)8-4/h1-3,6H,(H2,7,8,10,11). The van der Waals surface area contributed by atoms with Crippen LogP contribution in [0.25, 0.3) is 0 Å². The van der Waals surface area contributed by atoms with Gasteiger partial charge in [-0.05, 0) is 0 Å². The Morgan fingerprint density at radius 2 is 2.27 bits per heavy atom. The lowest BCUT2D eigenvalue weighted by molar-refractivity contribution is 0.170. The molecule has 2 rings (SSSR count). The highest BCUT2D eigenvalue weighted by atomic mass is 16.2. The number of urea groups is 2. The zero-order valence-electron chi connectivity index (χ0n) is 5.50. The van der Waals surface area contributed by atoms with Crippen LogP contribution in [0.2, 0.25) is 0 Å². The third-order valence-electron chi connectivity index (χ3n) is 1.49. The van der Waals surface area contributed by atoms with Gasteiger partial charge in [0.15, 0.2) is 6.29 Å². The second kappa shape index (κ2) is 1.88. The Labute approximate surface area is 62.2 Å². The number of nitrogens with zero attached hydrogens (tertiary/aromatic N) is 1. The first kappa shape index (κ1) is 6.02. The van der Waals surface area contributed by atoms with Gasteiger partial charge in [-0.15, -0.1) is 0 Å². The van der Waals surface area contributed by atoms with Crippen LogP contribution in [0, 0.1) is 0 Å². The molecule has 3 N–H and O–H groups in total. The SMILES string of the molecule is O=C1NC(=O)N2C=CNC2N1. The van der Waals surface area contributed by atoms with Gasteiger partial charge in [-0.3, -0.25) is 15.5 Å². The molecule has 1 fully saturated rings. The molecule has 0 aliphatic carbocycles. The summed E-state index contributed by atoms with van der Waals surface area (Å²) in [5.74, 6) is 0. The monoisotopic (exact) mass is 154 g/mol. The predicted molar refractivity (Wildman–Crippen MR) is 35.0 cm³/mol. The normalized spacial score (nSPS) is 27.3. The van der Waals surface area contributed by atoms with Crippen molar-refractivity contribution in [2.45, 2.75) is 6.29 Å². The number of amides is 4. The Hall–Kier alpha value is -1.72. The fourth-order valence-corrected chi connectivity index (χ4v) is 0.999. The minimum absolute atomic E-state index is 0.417. The van der Waals surface area contributed by atoms with Crippen molar-refractivity contribution in [3.63, 3.8) is 0 Å². The van der Waals surface area contributed by atoms with Gasteiger partial charge in [0.1, 0.15) is 0 Å². The molecular formula is C5H6N4O2. The van der Waals surface area contributed by atoms with Crippen molar-refractivity contribution in [2.24, 2.45) is 0 Å². The maximum absolute atomic E-state index is 10.9. The molecule has 0 radical (unpaired) electrons. The molecule has 2 aliphatic heterocycles. The van der Waals surface area contributed by atoms with Crippen LogP contribution in [-0.2, 0) is 0 Å². The predicted octanol–water partition coefficient (Wildman–Crippen LogP) is -0.921. The van der Waals surface area contributed by atoms with Crippen LogP contribution in [0.5, 0.6) is 0 Å². The summed E-state index contributed by atoms with van der Waals surface area (Å²) in [4.78, 5) is 23.0. The van der Waals surface area contributed by atoms with E-state index in [9.17, 15) is 9.59 Å². The first-order chi connectivity index (χ1) is 5.27. The number of hydrogen-bond donors (Lipinski definition) is 3. The molecule has 1 unspecified atom stereocenters. The van der Waals surface area contributed by atoms with E-state index in [4.69, 9.17) is 0 Å². The summed E-state index contributed by atoms with van der Waals surface area (Å²) in [6, 6.07) is -0.896. The van der Waals surface area contributed by atoms with E-state index in [0.717, 1.165) is 0 Å². The lowest BCUT2D eigenvalue weighted by Crippen LogP contribution is -2.63. The summed E-state index contributed by atoms with van der Waals surface area (Å²) in [6.07, 6.45) is 2.73. The third kappa shape index (κ3) is 0.794. The van der Waals surface area contributed by atoms with Crippen LogP contribution in [0.3, 0.4) is 0 Å². The zero-order chi connectivity index (χ0) is 7.84. The Bertz CT molecular complexity index is 249. The fourth-order valence-electron chi connectivity index (χ4n) is 0.999. The minimum Gasteiger partial charge on any atom is -0.353 e. The van der Waals surface area contributed by atoms with Gasteiger partial charge in [0.2, 0.25) is 0 Å². The molecule has 1 saturated heterocycles. The quantitative estimate of drug-likeness (QED) is 0.422. The molecule has 0 aromatic rings. The molecule has 2 aliphatic rings. The highest BCUT2D eigenvalue weighted by Gasteiger charge is 2.31. The van der Waals surface area contributed by atoms with Crippen molar-refractivity contribution < 1.29 is 9.59 Å². The second-order valence-corrected chi connectivity index (χ2v) is 2.20. The molecule has 2 heterocycles. The van der Waals surface area contributed by atoms with E-state index in [2.05, 4.69) is 16.0 Å². The molecule has 1 atom stereocenters. The maximum atomic E-state index is 10.9. The molecular weight excluding hydrogens is 148 g/mol. The van der Waals surface area contributed by atoms with Gasteiger partial charge in [-0.2, -0.15) is 0 Å². The lowest BCUT2D eigenvalue weighted by Gasteiger charge is -2.28. The number of rotatable bonds is 0. The number of fused-ring (bicyclic) bond motifs is 1. The van der Waals surface area contributed by atoms with E-state index in [0.29, 0.717) is 0 Å². The second-order valence-electron chi connectivity index (χ2n) is 2.20. The third-order valence-corrected chi connectivity index (χ3v) is 1.49. The van der Waals surface area contributed by atoms with Gasteiger partial charge < -0.3 is 5.32 Å². The summed E-state index contributed by atoms with van der Waals surface area (Å²) >= 11 is 0.